The highest BCUT2D eigenvalue weighted by molar-refractivity contribution is 7.87. The molecule has 0 heterocycles. The van der Waals surface area contributed by atoms with Gasteiger partial charge in [-0.05, 0) is 72.1 Å². The van der Waals surface area contributed by atoms with Crippen molar-refractivity contribution in [3.05, 3.63) is 101 Å². The van der Waals surface area contributed by atoms with Crippen LogP contribution in [0.25, 0.3) is 10.8 Å². The lowest BCUT2D eigenvalue weighted by atomic mass is 10.0. The van der Waals surface area contributed by atoms with E-state index in [1.165, 1.54) is 24.3 Å². The minimum Gasteiger partial charge on any atom is -0.378 e. The maximum atomic E-state index is 12.9. The van der Waals surface area contributed by atoms with Crippen molar-refractivity contribution in [2.75, 3.05) is 0 Å². The lowest BCUT2D eigenvalue weighted by Crippen LogP contribution is -2.11. The fourth-order valence-corrected chi connectivity index (χ4v) is 4.33. The topological polar surface area (TPSA) is 55.7 Å². The molecule has 4 aromatic carbocycles. The molecule has 0 atom stereocenters. The molecule has 0 saturated carbocycles. The largest absolute Gasteiger partial charge is 0.378 e. The van der Waals surface area contributed by atoms with Crippen LogP contribution in [-0.2, 0) is 10.1 Å². The lowest BCUT2D eigenvalue weighted by Gasteiger charge is -2.12. The molecule has 0 fully saturated rings. The minimum absolute atomic E-state index is 0.0301. The summed E-state index contributed by atoms with van der Waals surface area (Å²) in [4.78, 5) is 4.67. The third-order valence-corrected chi connectivity index (χ3v) is 6.64. The Bertz CT molecular complexity index is 1390. The number of aliphatic imine (C=N–C) groups is 1. The Morgan fingerprint density at radius 1 is 0.871 bits per heavy atom. The van der Waals surface area contributed by atoms with Crippen molar-refractivity contribution in [1.82, 2.24) is 0 Å². The smallest absolute Gasteiger partial charge is 0.339 e. The van der Waals surface area contributed by atoms with E-state index < -0.39 is 10.1 Å². The predicted octanol–water partition coefficient (Wildman–Crippen LogP) is 6.63. The first-order valence-electron chi connectivity index (χ1n) is 9.67. The molecule has 0 spiro atoms. The second-order valence-corrected chi connectivity index (χ2v) is 9.15. The second kappa shape index (κ2) is 8.53. The van der Waals surface area contributed by atoms with Gasteiger partial charge in [-0.25, -0.2) is 0 Å². The van der Waals surface area contributed by atoms with Gasteiger partial charge in [0.05, 0.1) is 5.69 Å². The molecular formula is C25H20ClNO3S. The predicted molar refractivity (Wildman–Crippen MR) is 126 cm³/mol. The Balaban J connectivity index is 1.81. The Hall–Kier alpha value is -3.15. The molecule has 0 aliphatic heterocycles. The van der Waals surface area contributed by atoms with E-state index in [0.29, 0.717) is 10.6 Å². The number of hydrogen-bond donors (Lipinski definition) is 0. The van der Waals surface area contributed by atoms with Gasteiger partial charge in [0.2, 0.25) is 0 Å². The number of fused-ring (bicyclic) bond motifs is 1. The van der Waals surface area contributed by atoms with Gasteiger partial charge in [-0.2, -0.15) is 8.42 Å². The normalized spacial score (nSPS) is 11.8. The maximum absolute atomic E-state index is 12.9. The van der Waals surface area contributed by atoms with Crippen LogP contribution in [0.4, 0.5) is 5.69 Å². The molecule has 156 valence electrons. The van der Waals surface area contributed by atoms with Gasteiger partial charge < -0.3 is 4.18 Å². The van der Waals surface area contributed by atoms with Crippen LogP contribution in [0.1, 0.15) is 16.7 Å². The Morgan fingerprint density at radius 2 is 1.61 bits per heavy atom. The van der Waals surface area contributed by atoms with Gasteiger partial charge in [0.1, 0.15) is 4.90 Å². The molecule has 31 heavy (non-hydrogen) atoms. The van der Waals surface area contributed by atoms with Crippen LogP contribution in [0, 0.1) is 13.8 Å². The minimum atomic E-state index is -4.04. The Labute approximate surface area is 186 Å². The molecule has 0 aromatic heterocycles. The van der Waals surface area contributed by atoms with Gasteiger partial charge in [0, 0.05) is 16.8 Å². The quantitative estimate of drug-likeness (QED) is 0.254. The van der Waals surface area contributed by atoms with Gasteiger partial charge in [0.15, 0.2) is 5.75 Å². The van der Waals surface area contributed by atoms with Crippen LogP contribution in [0.3, 0.4) is 0 Å². The summed E-state index contributed by atoms with van der Waals surface area (Å²) in [7, 11) is -4.04. The summed E-state index contributed by atoms with van der Waals surface area (Å²) in [5.41, 5.74) is 3.61. The maximum Gasteiger partial charge on any atom is 0.339 e. The Kier molecular flexibility index (Phi) is 5.81. The van der Waals surface area contributed by atoms with Gasteiger partial charge in [-0.3, -0.25) is 4.99 Å². The number of hydrogen-bond acceptors (Lipinski definition) is 4. The number of benzene rings is 4. The van der Waals surface area contributed by atoms with Gasteiger partial charge in [0.25, 0.3) is 0 Å². The third-order valence-electron chi connectivity index (χ3n) is 5.14. The van der Waals surface area contributed by atoms with Crippen LogP contribution in [0.2, 0.25) is 5.02 Å². The van der Waals surface area contributed by atoms with Crippen LogP contribution in [-0.4, -0.2) is 14.6 Å². The average molecular weight is 450 g/mol. The van der Waals surface area contributed by atoms with Crippen LogP contribution < -0.4 is 4.18 Å². The second-order valence-electron chi connectivity index (χ2n) is 7.17. The highest BCUT2D eigenvalue weighted by Gasteiger charge is 2.19. The molecule has 0 unspecified atom stereocenters. The standard InChI is InChI=1S/C25H20ClNO3S/c1-17-6-5-9-24(18(17)2)27-16-23-22-8-4-3-7-19(22)10-15-25(23)30-31(28,29)21-13-11-20(26)12-14-21/h3-16H,1-2H3. The van der Waals surface area contributed by atoms with Crippen molar-refractivity contribution < 1.29 is 12.6 Å². The number of aryl methyl sites for hydroxylation is 1. The van der Waals surface area contributed by atoms with Crippen molar-refractivity contribution in [2.45, 2.75) is 18.7 Å². The van der Waals surface area contributed by atoms with E-state index in [4.69, 9.17) is 15.8 Å². The SMILES string of the molecule is Cc1cccc(N=Cc2c(OS(=O)(=O)c3ccc(Cl)cc3)ccc3ccccc23)c1C. The lowest BCUT2D eigenvalue weighted by molar-refractivity contribution is 0.486. The molecule has 6 heteroatoms. The van der Waals surface area contributed by atoms with E-state index >= 15 is 0 Å². The van der Waals surface area contributed by atoms with Crippen LogP contribution in [0.5, 0.6) is 5.75 Å². The van der Waals surface area contributed by atoms with Crippen LogP contribution >= 0.6 is 11.6 Å². The van der Waals surface area contributed by atoms with E-state index in [1.807, 2.05) is 62.4 Å². The summed E-state index contributed by atoms with van der Waals surface area (Å²) in [5.74, 6) is 0.211. The average Bonchev–Trinajstić information content (AvgIpc) is 2.75. The highest BCUT2D eigenvalue weighted by Crippen LogP contribution is 2.30. The molecule has 4 rings (SSSR count). The van der Waals surface area contributed by atoms with E-state index in [0.717, 1.165) is 27.6 Å². The van der Waals surface area contributed by atoms with Crippen molar-refractivity contribution in [1.29, 1.82) is 0 Å². The summed E-state index contributed by atoms with van der Waals surface area (Å²) >= 11 is 5.88. The van der Waals surface area contributed by atoms with E-state index in [-0.39, 0.29) is 10.6 Å². The van der Waals surface area contributed by atoms with Crippen molar-refractivity contribution >= 4 is 44.4 Å². The van der Waals surface area contributed by atoms with E-state index in [9.17, 15) is 8.42 Å². The van der Waals surface area contributed by atoms with E-state index in [1.54, 1.807) is 12.3 Å². The first-order valence-corrected chi connectivity index (χ1v) is 11.5. The molecule has 0 bridgehead atoms. The number of nitrogens with zero attached hydrogens (tertiary/aromatic N) is 1. The molecular weight excluding hydrogens is 430 g/mol. The van der Waals surface area contributed by atoms with Crippen molar-refractivity contribution in [3.63, 3.8) is 0 Å². The molecule has 4 aromatic rings. The van der Waals surface area contributed by atoms with E-state index in [2.05, 4.69) is 4.99 Å². The van der Waals surface area contributed by atoms with Gasteiger partial charge in [-0.1, -0.05) is 54.1 Å². The van der Waals surface area contributed by atoms with Crippen molar-refractivity contribution in [3.8, 4) is 5.75 Å². The number of halogens is 1. The number of rotatable bonds is 5. The summed E-state index contributed by atoms with van der Waals surface area (Å²) in [6.45, 7) is 4.03. The Morgan fingerprint density at radius 3 is 2.39 bits per heavy atom. The fourth-order valence-electron chi connectivity index (χ4n) is 3.26. The molecule has 4 nitrogen and oxygen atoms in total. The molecule has 0 aliphatic rings. The van der Waals surface area contributed by atoms with Crippen LogP contribution in [0.15, 0.2) is 88.8 Å². The third kappa shape index (κ3) is 4.48. The molecule has 0 radical (unpaired) electrons. The summed E-state index contributed by atoms with van der Waals surface area (Å²) in [6.07, 6.45) is 1.66. The fraction of sp³-hybridized carbons (Fsp3) is 0.0800. The van der Waals surface area contributed by atoms with Gasteiger partial charge >= 0.3 is 10.1 Å². The molecule has 0 amide bonds. The zero-order chi connectivity index (χ0) is 22.0. The monoisotopic (exact) mass is 449 g/mol. The first kappa shape index (κ1) is 21.1. The summed E-state index contributed by atoms with van der Waals surface area (Å²) in [6, 6.07) is 23.0. The summed E-state index contributed by atoms with van der Waals surface area (Å²) in [5, 5.41) is 2.26. The zero-order valence-electron chi connectivity index (χ0n) is 17.0. The molecule has 0 N–H and O–H groups in total. The zero-order valence-corrected chi connectivity index (χ0v) is 18.6. The molecule has 0 aliphatic carbocycles. The van der Waals surface area contributed by atoms with Crippen molar-refractivity contribution in [2.24, 2.45) is 4.99 Å². The molecule has 0 saturated heterocycles. The van der Waals surface area contributed by atoms with Gasteiger partial charge in [-0.15, -0.1) is 0 Å². The summed E-state index contributed by atoms with van der Waals surface area (Å²) < 4.78 is 31.3. The highest BCUT2D eigenvalue weighted by atomic mass is 35.5. The first-order chi connectivity index (χ1) is 14.8.